The van der Waals surface area contributed by atoms with Crippen LogP contribution >= 0.6 is 68.0 Å². The second kappa shape index (κ2) is 22.1. The number of ketones is 2. The lowest BCUT2D eigenvalue weighted by Gasteiger charge is -2.36. The van der Waals surface area contributed by atoms with E-state index in [9.17, 15) is 25.4 Å². The second-order valence-corrected chi connectivity index (χ2v) is 31.0. The highest BCUT2D eigenvalue weighted by Crippen LogP contribution is 2.67. The van der Waals surface area contributed by atoms with Crippen molar-refractivity contribution in [3.63, 3.8) is 0 Å². The molecule has 0 amide bonds. The molecule has 0 aliphatic heterocycles. The van der Waals surface area contributed by atoms with E-state index in [0.29, 0.717) is 43.4 Å². The zero-order valence-corrected chi connectivity index (χ0v) is 57.2. The van der Waals surface area contributed by atoms with Crippen molar-refractivity contribution in [2.45, 2.75) is 38.5 Å². The van der Waals surface area contributed by atoms with Gasteiger partial charge < -0.3 is 0 Å². The topological polar surface area (TPSA) is 161 Å². The first-order valence-electron chi connectivity index (χ1n) is 31.3. The third-order valence-electron chi connectivity index (χ3n) is 19.4. The van der Waals surface area contributed by atoms with E-state index in [-0.39, 0.29) is 34.0 Å². The van der Waals surface area contributed by atoms with Gasteiger partial charge in [0.1, 0.15) is 37.7 Å². The van der Waals surface area contributed by atoms with Gasteiger partial charge in [-0.3, -0.25) is 9.59 Å². The van der Waals surface area contributed by atoms with E-state index in [1.54, 1.807) is 66.0 Å². The molecule has 18 rings (SSSR count). The molecule has 4 aliphatic rings. The predicted molar refractivity (Wildman–Crippen MR) is 397 cm³/mol. The van der Waals surface area contributed by atoms with Crippen LogP contribution in [0, 0.1) is 68.3 Å². The summed E-state index contributed by atoms with van der Waals surface area (Å²) in [5, 5.41) is 33.9. The minimum absolute atomic E-state index is 0.119. The van der Waals surface area contributed by atoms with Crippen LogP contribution in [0.2, 0.25) is 0 Å². The Kier molecular flexibility index (Phi) is 13.4. The molecule has 0 atom stereocenters. The number of benzene rings is 8. The van der Waals surface area contributed by atoms with Crippen molar-refractivity contribution in [1.82, 2.24) is 19.9 Å². The Morgan fingerprint density at radius 1 is 0.449 bits per heavy atom. The number of hydrogen-bond donors (Lipinski definition) is 0. The molecule has 0 fully saturated rings. The van der Waals surface area contributed by atoms with Gasteiger partial charge in [0.05, 0.1) is 28.3 Å². The summed E-state index contributed by atoms with van der Waals surface area (Å²) < 4.78 is 1.13. The minimum atomic E-state index is -0.774. The molecule has 0 bridgehead atoms. The van der Waals surface area contributed by atoms with Gasteiger partial charge in [0.2, 0.25) is 0 Å². The van der Waals surface area contributed by atoms with E-state index >= 15 is 0 Å². The molecule has 16 heteroatoms. The molecule has 6 aromatic heterocycles. The molecule has 98 heavy (non-hydrogen) atoms. The van der Waals surface area contributed by atoms with Gasteiger partial charge >= 0.3 is 0 Å². The zero-order valence-electron chi connectivity index (χ0n) is 52.3. The lowest BCUT2D eigenvalue weighted by atomic mass is 9.65. The van der Waals surface area contributed by atoms with E-state index in [1.807, 2.05) is 35.6 Å². The van der Waals surface area contributed by atoms with Gasteiger partial charge in [0, 0.05) is 53.4 Å². The molecule has 460 valence electrons. The normalized spacial score (nSPS) is 15.7. The maximum absolute atomic E-state index is 13.9. The van der Waals surface area contributed by atoms with Crippen LogP contribution in [0.5, 0.6) is 0 Å². The third-order valence-corrected chi connectivity index (χ3v) is 25.9. The number of allylic oxidation sites excluding steroid dienone is 6. The molecule has 6 heterocycles. The van der Waals surface area contributed by atoms with Crippen LogP contribution in [0.1, 0.15) is 109 Å². The number of nitriles is 3. The molecule has 0 spiro atoms. The fraction of sp³-hybridized carbons (Fsp3) is 0.0732. The molecular weight excluding hydrogens is 1320 g/mol. The Morgan fingerprint density at radius 3 is 1.42 bits per heavy atom. The van der Waals surface area contributed by atoms with Crippen LogP contribution in [0.15, 0.2) is 204 Å². The summed E-state index contributed by atoms with van der Waals surface area (Å²) in [6.07, 6.45) is 3.40. The number of carbonyl (C=O) groups excluding carboxylic acids is 2. The van der Waals surface area contributed by atoms with Crippen molar-refractivity contribution in [2.75, 3.05) is 0 Å². The average molecular weight is 1370 g/mol. The second-order valence-electron chi connectivity index (χ2n) is 24.9. The number of carbonyl (C=O) groups is 2. The lowest BCUT2D eigenvalue weighted by molar-refractivity contribution is 0.103. The summed E-state index contributed by atoms with van der Waals surface area (Å²) in [6.45, 7) is 16.4. The Bertz CT molecular complexity index is 6060. The number of thiazole rings is 4. The van der Waals surface area contributed by atoms with Crippen LogP contribution in [0.4, 0.5) is 0 Å². The zero-order chi connectivity index (χ0) is 66.6. The molecule has 0 N–H and O–H groups in total. The van der Waals surface area contributed by atoms with E-state index in [2.05, 4.69) is 166 Å². The first-order chi connectivity index (χ1) is 47.8. The number of aromatic nitrogens is 4. The summed E-state index contributed by atoms with van der Waals surface area (Å²) in [7, 11) is 0. The van der Waals surface area contributed by atoms with Gasteiger partial charge in [0.15, 0.2) is 30.9 Å². The first-order valence-corrected chi connectivity index (χ1v) is 36.2. The molecule has 0 saturated heterocycles. The summed E-state index contributed by atoms with van der Waals surface area (Å²) in [5.41, 5.74) is 18.9. The van der Waals surface area contributed by atoms with Crippen molar-refractivity contribution in [3.8, 4) is 59.5 Å². The molecular formula is C82H44N8O2S6. The average Bonchev–Trinajstić information content (AvgIpc) is 1.49. The maximum Gasteiger partial charge on any atom is 0.270 e. The van der Waals surface area contributed by atoms with Crippen LogP contribution in [-0.2, 0) is 10.8 Å². The van der Waals surface area contributed by atoms with Crippen molar-refractivity contribution < 1.29 is 9.59 Å². The number of hydrogen-bond acceptors (Lipinski definition) is 15. The monoisotopic (exact) mass is 1360 g/mol. The minimum Gasteiger partial charge on any atom is -0.289 e. The number of Topliss-reactive ketones (excluding diaryl/α,β-unsaturated/α-hetero) is 2. The van der Waals surface area contributed by atoms with E-state index in [1.165, 1.54) is 105 Å². The fourth-order valence-corrected chi connectivity index (χ4v) is 21.6. The van der Waals surface area contributed by atoms with E-state index in [0.717, 1.165) is 77.7 Å². The third kappa shape index (κ3) is 8.54. The largest absolute Gasteiger partial charge is 0.289 e. The number of nitrogens with zero attached hydrogens (tertiary/aromatic N) is 8. The van der Waals surface area contributed by atoms with Gasteiger partial charge in [0.25, 0.3) is 5.70 Å². The van der Waals surface area contributed by atoms with Gasteiger partial charge in [-0.1, -0.05) is 225 Å². The number of aryl methyl sites for hydroxylation is 4. The lowest BCUT2D eigenvalue weighted by Crippen LogP contribution is -2.30. The van der Waals surface area contributed by atoms with Crippen LogP contribution in [-0.4, -0.2) is 31.5 Å². The van der Waals surface area contributed by atoms with Crippen LogP contribution < -0.4 is 0 Å². The fourth-order valence-electron chi connectivity index (χ4n) is 15.0. The maximum atomic E-state index is 13.9. The highest BCUT2D eigenvalue weighted by Gasteiger charge is 2.54. The van der Waals surface area contributed by atoms with Crippen LogP contribution in [0.3, 0.4) is 0 Å². The highest BCUT2D eigenvalue weighted by molar-refractivity contribution is 7.30. The highest BCUT2D eigenvalue weighted by atomic mass is 32.1. The Balaban J connectivity index is 0.814. The molecule has 0 saturated carbocycles. The molecule has 0 radical (unpaired) electrons. The van der Waals surface area contributed by atoms with Crippen molar-refractivity contribution in [3.05, 3.63) is 315 Å². The summed E-state index contributed by atoms with van der Waals surface area (Å²) in [5.74, 6) is -0.493. The van der Waals surface area contributed by atoms with Crippen molar-refractivity contribution in [1.29, 1.82) is 15.8 Å². The van der Waals surface area contributed by atoms with Gasteiger partial charge in [-0.25, -0.2) is 30.0 Å². The summed E-state index contributed by atoms with van der Waals surface area (Å²) >= 11 is 9.37. The quantitative estimate of drug-likeness (QED) is 0.0819. The van der Waals surface area contributed by atoms with E-state index < -0.39 is 10.8 Å². The molecule has 8 aromatic carbocycles. The Hall–Kier alpha value is -11.3. The van der Waals surface area contributed by atoms with Crippen LogP contribution in [0.25, 0.3) is 98.9 Å². The first kappa shape index (κ1) is 59.2. The number of fused-ring (bicyclic) bond motifs is 12. The molecule has 0 unspecified atom stereocenters. The number of rotatable bonds is 8. The standard InChI is InChI=1S/C82H44N8O2S6/c1-41-14-23-47(24-15-41)81(48-25-16-42(2)17-26-48)60-34-57-61(33-56(60)73-62(81)37-65(94-73)76-90-80-78(98-76)88-67(96-80)36-59-69(63(40-85)86-5)52-11-7-9-13-54(52)72(59)92)82(49-27-18-43(3)19-28-49,50-29-20-44(4)21-30-50)70-55-31-22-45(32-64(55)93-74(57)70)75-89-79-77(97-75)87-66(95-79)35-58-68(46(38-83)39-84)51-10-6-8-12-53(51)71(58)91/h6-37H,1-4H3/b58-35-,59-36-,69-63+. The SMILES string of the molecule is [C-]#[N+]/C(C#N)=C1/C(=C/c2nc3sc(-c4cc5c(s4)-c4cc6c(cc4C5(c4ccc(C)cc4)c4ccc(C)cc4)-c4sc5cc(-c7nc8sc(/C=C9\C(=O)c%10ccccc%10C9=C(C#N)C#N)nc8s7)ccc5c4C6(c4ccc(C)cc4)c4ccc(C)cc4)nc3s2)C(=O)c2ccccc21. The van der Waals surface area contributed by atoms with Gasteiger partial charge in [-0.2, -0.15) is 10.5 Å². The molecule has 14 aromatic rings. The van der Waals surface area contributed by atoms with Gasteiger partial charge in [-0.05, 0) is 136 Å². The smallest absolute Gasteiger partial charge is 0.270 e. The predicted octanol–water partition coefficient (Wildman–Crippen LogP) is 20.9. The molecule has 4 aliphatic carbocycles. The number of thiophene rings is 2. The Morgan fingerprint density at radius 2 is 0.908 bits per heavy atom. The summed E-state index contributed by atoms with van der Waals surface area (Å²) in [6, 6.07) is 70.8. The van der Waals surface area contributed by atoms with Crippen molar-refractivity contribution in [2.24, 2.45) is 0 Å². The van der Waals surface area contributed by atoms with Gasteiger partial charge in [-0.15, -0.1) is 22.7 Å². The van der Waals surface area contributed by atoms with Crippen molar-refractivity contribution >= 4 is 132 Å². The molecule has 10 nitrogen and oxygen atoms in total. The van der Waals surface area contributed by atoms with E-state index in [4.69, 9.17) is 26.5 Å². The summed E-state index contributed by atoms with van der Waals surface area (Å²) in [4.78, 5) is 58.2. The Labute approximate surface area is 585 Å².